The fraction of sp³-hybridized carbons (Fsp3) is 0.600. The molecule has 0 saturated carbocycles. The van der Waals surface area contributed by atoms with Gasteiger partial charge in [-0.15, -0.1) is 0 Å². The molecule has 19 heavy (non-hydrogen) atoms. The van der Waals surface area contributed by atoms with Crippen molar-refractivity contribution in [2.24, 2.45) is 0 Å². The fourth-order valence-corrected chi connectivity index (χ4v) is 1.85. The van der Waals surface area contributed by atoms with E-state index in [1.165, 1.54) is 0 Å². The first-order valence-electron chi connectivity index (χ1n) is 6.79. The van der Waals surface area contributed by atoms with Crippen molar-refractivity contribution < 1.29 is 14.6 Å². The first-order chi connectivity index (χ1) is 9.17. The zero-order valence-corrected chi connectivity index (χ0v) is 12.1. The molecule has 0 radical (unpaired) electrons. The Bertz CT molecular complexity index is 338. The first-order valence-corrected chi connectivity index (χ1v) is 6.79. The van der Waals surface area contributed by atoms with Gasteiger partial charge in [-0.1, -0.05) is 0 Å². The number of hydrogen-bond donors (Lipinski definition) is 1. The van der Waals surface area contributed by atoms with Crippen LogP contribution in [0.2, 0.25) is 0 Å². The van der Waals surface area contributed by atoms with E-state index in [0.717, 1.165) is 31.0 Å². The molecule has 0 amide bonds. The summed E-state index contributed by atoms with van der Waals surface area (Å²) in [5.41, 5.74) is 0. The van der Waals surface area contributed by atoms with Gasteiger partial charge in [-0.3, -0.25) is 4.90 Å². The average molecular weight is 267 g/mol. The molecule has 0 spiro atoms. The molecular weight excluding hydrogens is 242 g/mol. The highest BCUT2D eigenvalue weighted by molar-refractivity contribution is 5.31. The summed E-state index contributed by atoms with van der Waals surface area (Å²) in [4.78, 5) is 2.31. The van der Waals surface area contributed by atoms with Crippen LogP contribution in [0.5, 0.6) is 11.5 Å². The number of aliphatic hydroxyl groups excluding tert-OH is 1. The number of ether oxygens (including phenoxy) is 2. The van der Waals surface area contributed by atoms with Crippen molar-refractivity contribution in [2.75, 3.05) is 33.4 Å². The number of rotatable bonds is 9. The van der Waals surface area contributed by atoms with Crippen LogP contribution in [0.15, 0.2) is 24.3 Å². The van der Waals surface area contributed by atoms with E-state index in [2.05, 4.69) is 18.7 Å². The van der Waals surface area contributed by atoms with Crippen molar-refractivity contribution in [3.05, 3.63) is 24.3 Å². The van der Waals surface area contributed by atoms with Crippen LogP contribution in [-0.4, -0.2) is 49.5 Å². The van der Waals surface area contributed by atoms with E-state index in [-0.39, 0.29) is 6.61 Å². The third-order valence-corrected chi connectivity index (χ3v) is 3.04. The van der Waals surface area contributed by atoms with Crippen LogP contribution >= 0.6 is 0 Å². The molecule has 0 heterocycles. The van der Waals surface area contributed by atoms with E-state index in [9.17, 15) is 0 Å². The Morgan fingerprint density at radius 3 is 2.26 bits per heavy atom. The van der Waals surface area contributed by atoms with Gasteiger partial charge in [0.15, 0.2) is 0 Å². The van der Waals surface area contributed by atoms with Crippen LogP contribution in [0, 0.1) is 0 Å². The molecule has 0 atom stereocenters. The molecule has 0 unspecified atom stereocenters. The van der Waals surface area contributed by atoms with Gasteiger partial charge in [-0.2, -0.15) is 0 Å². The van der Waals surface area contributed by atoms with E-state index < -0.39 is 0 Å². The molecule has 1 aromatic carbocycles. The van der Waals surface area contributed by atoms with Gasteiger partial charge >= 0.3 is 0 Å². The molecular formula is C15H25NO3. The first kappa shape index (κ1) is 15.8. The third kappa shape index (κ3) is 5.94. The normalized spacial score (nSPS) is 11.1. The Balaban J connectivity index is 2.33. The standard InChI is InChI=1S/C15H25NO3/c1-13(2)16(9-4-11-17)10-12-19-15-7-5-14(18-3)6-8-15/h5-8,13,17H,4,9-12H2,1-3H3. The van der Waals surface area contributed by atoms with E-state index in [1.807, 2.05) is 24.3 Å². The van der Waals surface area contributed by atoms with E-state index in [0.29, 0.717) is 12.6 Å². The quantitative estimate of drug-likeness (QED) is 0.744. The highest BCUT2D eigenvalue weighted by Gasteiger charge is 2.08. The Morgan fingerprint density at radius 2 is 1.74 bits per heavy atom. The van der Waals surface area contributed by atoms with Gasteiger partial charge in [0.05, 0.1) is 7.11 Å². The third-order valence-electron chi connectivity index (χ3n) is 3.04. The highest BCUT2D eigenvalue weighted by atomic mass is 16.5. The highest BCUT2D eigenvalue weighted by Crippen LogP contribution is 2.16. The molecule has 0 aliphatic heterocycles. The summed E-state index contributed by atoms with van der Waals surface area (Å²) >= 11 is 0. The number of benzene rings is 1. The van der Waals surface area contributed by atoms with E-state index in [1.54, 1.807) is 7.11 Å². The zero-order valence-electron chi connectivity index (χ0n) is 12.1. The van der Waals surface area contributed by atoms with Crippen molar-refractivity contribution in [2.45, 2.75) is 26.3 Å². The summed E-state index contributed by atoms with van der Waals surface area (Å²) in [7, 11) is 1.65. The maximum atomic E-state index is 8.88. The SMILES string of the molecule is COc1ccc(OCCN(CCCO)C(C)C)cc1. The number of methoxy groups -OCH3 is 1. The van der Waals surface area contributed by atoms with Gasteiger partial charge in [0.25, 0.3) is 0 Å². The summed E-state index contributed by atoms with van der Waals surface area (Å²) in [6, 6.07) is 8.06. The van der Waals surface area contributed by atoms with Crippen LogP contribution in [0.4, 0.5) is 0 Å². The molecule has 4 heteroatoms. The lowest BCUT2D eigenvalue weighted by Gasteiger charge is -2.26. The average Bonchev–Trinajstić information content (AvgIpc) is 2.43. The second-order valence-electron chi connectivity index (χ2n) is 4.73. The van der Waals surface area contributed by atoms with Gasteiger partial charge in [0, 0.05) is 25.7 Å². The van der Waals surface area contributed by atoms with Crippen LogP contribution in [0.1, 0.15) is 20.3 Å². The molecule has 0 saturated heterocycles. The van der Waals surface area contributed by atoms with Gasteiger partial charge in [0.1, 0.15) is 18.1 Å². The van der Waals surface area contributed by atoms with Gasteiger partial charge in [0.2, 0.25) is 0 Å². The van der Waals surface area contributed by atoms with Gasteiger partial charge in [-0.25, -0.2) is 0 Å². The minimum absolute atomic E-state index is 0.239. The summed E-state index contributed by atoms with van der Waals surface area (Å²) in [5.74, 6) is 1.69. The number of hydrogen-bond acceptors (Lipinski definition) is 4. The van der Waals surface area contributed by atoms with Crippen molar-refractivity contribution in [3.8, 4) is 11.5 Å². The molecule has 0 fully saturated rings. The van der Waals surface area contributed by atoms with Gasteiger partial charge < -0.3 is 14.6 Å². The second kappa shape index (κ2) is 8.77. The molecule has 1 aromatic rings. The molecule has 1 rings (SSSR count). The van der Waals surface area contributed by atoms with Crippen LogP contribution in [0.25, 0.3) is 0 Å². The number of nitrogens with zero attached hydrogens (tertiary/aromatic N) is 1. The van der Waals surface area contributed by atoms with Crippen molar-refractivity contribution >= 4 is 0 Å². The second-order valence-corrected chi connectivity index (χ2v) is 4.73. The Labute approximate surface area is 115 Å². The van der Waals surface area contributed by atoms with E-state index in [4.69, 9.17) is 14.6 Å². The van der Waals surface area contributed by atoms with Gasteiger partial charge in [-0.05, 0) is 44.5 Å². The molecule has 0 aliphatic carbocycles. The Hall–Kier alpha value is -1.26. The summed E-state index contributed by atoms with van der Waals surface area (Å²) in [6.07, 6.45) is 0.806. The summed E-state index contributed by atoms with van der Waals surface area (Å²) in [5, 5.41) is 8.88. The predicted octanol–water partition coefficient (Wildman–Crippen LogP) is 2.17. The van der Waals surface area contributed by atoms with Crippen LogP contribution in [-0.2, 0) is 0 Å². The lowest BCUT2D eigenvalue weighted by atomic mass is 10.3. The molecule has 0 aliphatic rings. The Morgan fingerprint density at radius 1 is 1.11 bits per heavy atom. The minimum atomic E-state index is 0.239. The molecule has 1 N–H and O–H groups in total. The number of aliphatic hydroxyl groups is 1. The summed E-state index contributed by atoms with van der Waals surface area (Å²) < 4.78 is 10.8. The molecule has 4 nitrogen and oxygen atoms in total. The lowest BCUT2D eigenvalue weighted by molar-refractivity contribution is 0.160. The molecule has 0 aromatic heterocycles. The minimum Gasteiger partial charge on any atom is -0.497 e. The Kier molecular flexibility index (Phi) is 7.30. The molecule has 0 bridgehead atoms. The maximum Gasteiger partial charge on any atom is 0.119 e. The smallest absolute Gasteiger partial charge is 0.119 e. The largest absolute Gasteiger partial charge is 0.497 e. The van der Waals surface area contributed by atoms with Crippen LogP contribution < -0.4 is 9.47 Å². The maximum absolute atomic E-state index is 8.88. The van der Waals surface area contributed by atoms with Crippen molar-refractivity contribution in [1.82, 2.24) is 4.90 Å². The van der Waals surface area contributed by atoms with E-state index >= 15 is 0 Å². The van der Waals surface area contributed by atoms with Crippen molar-refractivity contribution in [3.63, 3.8) is 0 Å². The lowest BCUT2D eigenvalue weighted by Crippen LogP contribution is -2.35. The monoisotopic (exact) mass is 267 g/mol. The summed E-state index contributed by atoms with van der Waals surface area (Å²) in [6.45, 7) is 6.97. The zero-order chi connectivity index (χ0) is 14.1. The van der Waals surface area contributed by atoms with Crippen LogP contribution in [0.3, 0.4) is 0 Å². The fourth-order valence-electron chi connectivity index (χ4n) is 1.85. The van der Waals surface area contributed by atoms with Crippen molar-refractivity contribution in [1.29, 1.82) is 0 Å². The predicted molar refractivity (Wildman–Crippen MR) is 76.9 cm³/mol. The topological polar surface area (TPSA) is 41.9 Å². The molecule has 108 valence electrons.